The zero-order chi connectivity index (χ0) is 12.1. The number of nitrogens with zero attached hydrogens (tertiary/aromatic N) is 3. The van der Waals surface area contributed by atoms with E-state index in [-0.39, 0.29) is 5.69 Å². The second-order valence-corrected chi connectivity index (χ2v) is 3.66. The molecule has 1 aliphatic heterocycles. The second kappa shape index (κ2) is 5.40. The first-order valence-electron chi connectivity index (χ1n) is 5.37. The van der Waals surface area contributed by atoms with E-state index >= 15 is 0 Å². The molecule has 0 unspecified atom stereocenters. The van der Waals surface area contributed by atoms with Crippen LogP contribution in [0.5, 0.6) is 0 Å². The van der Waals surface area contributed by atoms with Crippen molar-refractivity contribution in [1.29, 1.82) is 0 Å². The molecular formula is C11H13N3O3. The summed E-state index contributed by atoms with van der Waals surface area (Å²) in [6.45, 7) is 2.95. The Hall–Kier alpha value is -1.95. The van der Waals surface area contributed by atoms with Gasteiger partial charge in [0.05, 0.1) is 37.4 Å². The zero-order valence-electron chi connectivity index (χ0n) is 9.28. The number of nitro groups is 1. The molecule has 1 fully saturated rings. The van der Waals surface area contributed by atoms with Gasteiger partial charge in [0.25, 0.3) is 5.69 Å². The van der Waals surface area contributed by atoms with Crippen molar-refractivity contribution < 1.29 is 9.66 Å². The molecule has 0 aliphatic carbocycles. The Labute approximate surface area is 98.6 Å². The molecule has 1 aromatic carbocycles. The van der Waals surface area contributed by atoms with Gasteiger partial charge in [-0.15, -0.1) is 0 Å². The second-order valence-electron chi connectivity index (χ2n) is 3.66. The van der Waals surface area contributed by atoms with E-state index in [9.17, 15) is 10.1 Å². The molecule has 0 amide bonds. The highest BCUT2D eigenvalue weighted by molar-refractivity contribution is 5.79. The fourth-order valence-electron chi connectivity index (χ4n) is 1.50. The number of rotatable bonds is 3. The molecule has 0 aromatic heterocycles. The zero-order valence-corrected chi connectivity index (χ0v) is 9.28. The molecule has 0 atom stereocenters. The SMILES string of the molecule is O=[N+]([O-])c1ccc(/C=N/N2CCOCC2)cc1. The minimum atomic E-state index is -0.414. The molecule has 6 nitrogen and oxygen atoms in total. The molecule has 0 spiro atoms. The molecule has 0 radical (unpaired) electrons. The topological polar surface area (TPSA) is 68.0 Å². The van der Waals surface area contributed by atoms with Crippen molar-refractivity contribution in [2.45, 2.75) is 0 Å². The van der Waals surface area contributed by atoms with Gasteiger partial charge in [0, 0.05) is 12.1 Å². The monoisotopic (exact) mass is 235 g/mol. The number of nitro benzene ring substituents is 1. The van der Waals surface area contributed by atoms with Crippen molar-refractivity contribution in [3.05, 3.63) is 39.9 Å². The highest BCUT2D eigenvalue weighted by Gasteiger charge is 2.06. The summed E-state index contributed by atoms with van der Waals surface area (Å²) in [5.74, 6) is 0. The van der Waals surface area contributed by atoms with E-state index < -0.39 is 4.92 Å². The van der Waals surface area contributed by atoms with Gasteiger partial charge in [0.1, 0.15) is 0 Å². The molecular weight excluding hydrogens is 222 g/mol. The molecule has 6 heteroatoms. The van der Waals surface area contributed by atoms with Crippen LogP contribution in [0.3, 0.4) is 0 Å². The maximum atomic E-state index is 10.5. The third-order valence-corrected chi connectivity index (χ3v) is 2.46. The molecule has 0 saturated carbocycles. The molecule has 17 heavy (non-hydrogen) atoms. The van der Waals surface area contributed by atoms with Crippen LogP contribution in [-0.4, -0.2) is 42.5 Å². The van der Waals surface area contributed by atoms with Gasteiger partial charge in [-0.2, -0.15) is 5.10 Å². The summed E-state index contributed by atoms with van der Waals surface area (Å²) in [7, 11) is 0. The first-order valence-corrected chi connectivity index (χ1v) is 5.37. The standard InChI is InChI=1S/C11H13N3O3/c15-14(16)11-3-1-10(2-4-11)9-12-13-5-7-17-8-6-13/h1-4,9H,5-8H2/b12-9+. The fourth-order valence-corrected chi connectivity index (χ4v) is 1.50. The van der Waals surface area contributed by atoms with Crippen LogP contribution in [0.2, 0.25) is 0 Å². The van der Waals surface area contributed by atoms with Crippen molar-refractivity contribution >= 4 is 11.9 Å². The number of ether oxygens (including phenoxy) is 1. The highest BCUT2D eigenvalue weighted by atomic mass is 16.6. The van der Waals surface area contributed by atoms with Gasteiger partial charge < -0.3 is 4.74 Å². The lowest BCUT2D eigenvalue weighted by molar-refractivity contribution is -0.384. The van der Waals surface area contributed by atoms with E-state index in [4.69, 9.17) is 4.74 Å². The van der Waals surface area contributed by atoms with E-state index in [1.54, 1.807) is 18.3 Å². The average molecular weight is 235 g/mol. The van der Waals surface area contributed by atoms with Crippen molar-refractivity contribution in [2.75, 3.05) is 26.3 Å². The third-order valence-electron chi connectivity index (χ3n) is 2.46. The van der Waals surface area contributed by atoms with Crippen LogP contribution in [0, 0.1) is 10.1 Å². The van der Waals surface area contributed by atoms with Crippen LogP contribution >= 0.6 is 0 Å². The molecule has 1 aromatic rings. The minimum absolute atomic E-state index is 0.0912. The van der Waals surface area contributed by atoms with Crippen LogP contribution < -0.4 is 0 Å². The Bertz CT molecular complexity index is 410. The summed E-state index contributed by atoms with van der Waals surface area (Å²) in [4.78, 5) is 10.1. The van der Waals surface area contributed by atoms with Crippen molar-refractivity contribution in [2.24, 2.45) is 5.10 Å². The van der Waals surface area contributed by atoms with Crippen molar-refractivity contribution in [3.63, 3.8) is 0 Å². The maximum Gasteiger partial charge on any atom is 0.269 e. The van der Waals surface area contributed by atoms with E-state index in [0.717, 1.165) is 18.7 Å². The fraction of sp³-hybridized carbons (Fsp3) is 0.364. The Morgan fingerprint density at radius 3 is 2.53 bits per heavy atom. The molecule has 0 bridgehead atoms. The smallest absolute Gasteiger partial charge is 0.269 e. The molecule has 1 aliphatic rings. The van der Waals surface area contributed by atoms with Crippen LogP contribution in [0.4, 0.5) is 5.69 Å². The number of hydrogen-bond donors (Lipinski definition) is 0. The Morgan fingerprint density at radius 2 is 1.94 bits per heavy atom. The van der Waals surface area contributed by atoms with Gasteiger partial charge in [0.2, 0.25) is 0 Å². The molecule has 0 N–H and O–H groups in total. The lowest BCUT2D eigenvalue weighted by atomic mass is 10.2. The van der Waals surface area contributed by atoms with Crippen LogP contribution in [-0.2, 0) is 4.74 Å². The normalized spacial score (nSPS) is 16.4. The Balaban J connectivity index is 1.98. The van der Waals surface area contributed by atoms with Gasteiger partial charge in [-0.25, -0.2) is 0 Å². The van der Waals surface area contributed by atoms with Crippen molar-refractivity contribution in [3.8, 4) is 0 Å². The predicted molar refractivity (Wildman–Crippen MR) is 63.1 cm³/mol. The lowest BCUT2D eigenvalue weighted by Gasteiger charge is -2.23. The van der Waals surface area contributed by atoms with Crippen LogP contribution in [0.15, 0.2) is 29.4 Å². The summed E-state index contributed by atoms with van der Waals surface area (Å²) in [5, 5.41) is 16.7. The largest absolute Gasteiger partial charge is 0.378 e. The molecule has 1 heterocycles. The third kappa shape index (κ3) is 3.25. The summed E-state index contributed by atoms with van der Waals surface area (Å²) in [6, 6.07) is 6.31. The summed E-state index contributed by atoms with van der Waals surface area (Å²) < 4.78 is 5.20. The number of benzene rings is 1. The molecule has 1 saturated heterocycles. The average Bonchev–Trinajstić information content (AvgIpc) is 2.38. The highest BCUT2D eigenvalue weighted by Crippen LogP contribution is 2.10. The Kier molecular flexibility index (Phi) is 3.66. The van der Waals surface area contributed by atoms with Gasteiger partial charge in [0.15, 0.2) is 0 Å². The van der Waals surface area contributed by atoms with E-state index in [0.29, 0.717) is 13.2 Å². The van der Waals surface area contributed by atoms with Gasteiger partial charge in [-0.3, -0.25) is 15.1 Å². The number of non-ortho nitro benzene ring substituents is 1. The Morgan fingerprint density at radius 1 is 1.29 bits per heavy atom. The summed E-state index contributed by atoms with van der Waals surface area (Å²) >= 11 is 0. The van der Waals surface area contributed by atoms with Crippen molar-refractivity contribution in [1.82, 2.24) is 5.01 Å². The van der Waals surface area contributed by atoms with Gasteiger partial charge >= 0.3 is 0 Å². The van der Waals surface area contributed by atoms with Gasteiger partial charge in [-0.05, 0) is 17.7 Å². The number of hydrogen-bond acceptors (Lipinski definition) is 5. The van der Waals surface area contributed by atoms with Gasteiger partial charge in [-0.1, -0.05) is 0 Å². The predicted octanol–water partition coefficient (Wildman–Crippen LogP) is 1.26. The van der Waals surface area contributed by atoms with Crippen LogP contribution in [0.1, 0.15) is 5.56 Å². The number of hydrazone groups is 1. The quantitative estimate of drug-likeness (QED) is 0.449. The van der Waals surface area contributed by atoms with E-state index in [2.05, 4.69) is 5.10 Å². The number of morpholine rings is 1. The maximum absolute atomic E-state index is 10.5. The molecule has 2 rings (SSSR count). The van der Waals surface area contributed by atoms with E-state index in [1.807, 2.05) is 5.01 Å². The first kappa shape index (κ1) is 11.5. The minimum Gasteiger partial charge on any atom is -0.378 e. The molecule has 90 valence electrons. The lowest BCUT2D eigenvalue weighted by Crippen LogP contribution is -2.32. The van der Waals surface area contributed by atoms with Crippen LogP contribution in [0.25, 0.3) is 0 Å². The van der Waals surface area contributed by atoms with E-state index in [1.165, 1.54) is 12.1 Å². The summed E-state index contributed by atoms with van der Waals surface area (Å²) in [5.41, 5.74) is 0.940. The first-order chi connectivity index (χ1) is 8.25. The summed E-state index contributed by atoms with van der Waals surface area (Å²) in [6.07, 6.45) is 1.70.